The highest BCUT2D eigenvalue weighted by Gasteiger charge is 2.41. The molecule has 1 aliphatic carbocycles. The van der Waals surface area contributed by atoms with Crippen molar-refractivity contribution in [1.82, 2.24) is 9.80 Å². The first kappa shape index (κ1) is 15.2. The average molecular weight is 298 g/mol. The molecule has 2 heterocycles. The molecular formula is C15H26N2O4. The third-order valence-electron chi connectivity index (χ3n) is 5.03. The van der Waals surface area contributed by atoms with Crippen LogP contribution in [0.3, 0.4) is 0 Å². The van der Waals surface area contributed by atoms with E-state index in [4.69, 9.17) is 14.6 Å². The lowest BCUT2D eigenvalue weighted by Crippen LogP contribution is -2.45. The van der Waals surface area contributed by atoms with Gasteiger partial charge in [-0.1, -0.05) is 0 Å². The van der Waals surface area contributed by atoms with Crippen LogP contribution in [-0.4, -0.2) is 78.6 Å². The number of carbonyl (C=O) groups is 1. The second kappa shape index (κ2) is 6.60. The highest BCUT2D eigenvalue weighted by atomic mass is 16.7. The van der Waals surface area contributed by atoms with Gasteiger partial charge in [-0.2, -0.15) is 0 Å². The summed E-state index contributed by atoms with van der Waals surface area (Å²) in [6.45, 7) is 5.45. The molecule has 0 atom stereocenters. The molecule has 120 valence electrons. The quantitative estimate of drug-likeness (QED) is 0.830. The minimum absolute atomic E-state index is 0.170. The molecule has 3 fully saturated rings. The summed E-state index contributed by atoms with van der Waals surface area (Å²) < 4.78 is 11.6. The summed E-state index contributed by atoms with van der Waals surface area (Å²) in [5, 5.41) is 8.91. The first-order valence-corrected chi connectivity index (χ1v) is 8.13. The molecular weight excluding hydrogens is 272 g/mol. The van der Waals surface area contributed by atoms with E-state index >= 15 is 0 Å². The lowest BCUT2D eigenvalue weighted by Gasteiger charge is -2.40. The Labute approximate surface area is 126 Å². The summed E-state index contributed by atoms with van der Waals surface area (Å²) in [5.41, 5.74) is 0. The van der Waals surface area contributed by atoms with E-state index in [1.165, 1.54) is 0 Å². The zero-order valence-electron chi connectivity index (χ0n) is 12.6. The Morgan fingerprint density at radius 3 is 2.48 bits per heavy atom. The number of rotatable bonds is 3. The minimum Gasteiger partial charge on any atom is -0.480 e. The van der Waals surface area contributed by atoms with Crippen LogP contribution in [0, 0.1) is 0 Å². The second-order valence-electron chi connectivity index (χ2n) is 6.40. The second-order valence-corrected chi connectivity index (χ2v) is 6.40. The van der Waals surface area contributed by atoms with Crippen LogP contribution in [0.1, 0.15) is 32.1 Å². The van der Waals surface area contributed by atoms with Gasteiger partial charge in [-0.3, -0.25) is 14.6 Å². The predicted octanol–water partition coefficient (Wildman–Crippen LogP) is 0.764. The first-order chi connectivity index (χ1) is 10.2. The van der Waals surface area contributed by atoms with Crippen LogP contribution < -0.4 is 0 Å². The zero-order chi connectivity index (χ0) is 14.7. The van der Waals surface area contributed by atoms with Crippen molar-refractivity contribution in [3.8, 4) is 0 Å². The maximum absolute atomic E-state index is 10.8. The molecule has 0 amide bonds. The van der Waals surface area contributed by atoms with Gasteiger partial charge in [0.2, 0.25) is 0 Å². The van der Waals surface area contributed by atoms with Crippen molar-refractivity contribution in [1.29, 1.82) is 0 Å². The molecule has 1 spiro atoms. The van der Waals surface area contributed by atoms with E-state index in [-0.39, 0.29) is 12.3 Å². The molecule has 0 radical (unpaired) electrons. The van der Waals surface area contributed by atoms with Gasteiger partial charge in [-0.05, 0) is 25.8 Å². The third kappa shape index (κ3) is 3.74. The van der Waals surface area contributed by atoms with Crippen LogP contribution >= 0.6 is 0 Å². The van der Waals surface area contributed by atoms with Crippen molar-refractivity contribution in [3.63, 3.8) is 0 Å². The van der Waals surface area contributed by atoms with Crippen molar-refractivity contribution in [2.45, 2.75) is 43.9 Å². The molecule has 0 aromatic heterocycles. The molecule has 3 aliphatic rings. The van der Waals surface area contributed by atoms with Crippen molar-refractivity contribution in [2.75, 3.05) is 45.9 Å². The van der Waals surface area contributed by atoms with Gasteiger partial charge in [0.15, 0.2) is 5.79 Å². The number of hydrogen-bond acceptors (Lipinski definition) is 5. The minimum atomic E-state index is -0.724. The normalized spacial score (nSPS) is 28.8. The van der Waals surface area contributed by atoms with E-state index < -0.39 is 5.97 Å². The number of carboxylic acid groups (broad SMARTS) is 1. The van der Waals surface area contributed by atoms with Crippen molar-refractivity contribution in [2.24, 2.45) is 0 Å². The van der Waals surface area contributed by atoms with Gasteiger partial charge in [0.25, 0.3) is 0 Å². The van der Waals surface area contributed by atoms with Crippen LogP contribution in [0.25, 0.3) is 0 Å². The summed E-state index contributed by atoms with van der Waals surface area (Å²) in [4.78, 5) is 15.4. The highest BCUT2D eigenvalue weighted by Crippen LogP contribution is 2.37. The molecule has 2 saturated heterocycles. The Balaban J connectivity index is 1.48. The Morgan fingerprint density at radius 2 is 1.81 bits per heavy atom. The van der Waals surface area contributed by atoms with Gasteiger partial charge in [0.05, 0.1) is 19.8 Å². The monoisotopic (exact) mass is 298 g/mol. The Kier molecular flexibility index (Phi) is 4.78. The van der Waals surface area contributed by atoms with Gasteiger partial charge in [-0.15, -0.1) is 0 Å². The molecule has 3 rings (SSSR count). The Morgan fingerprint density at radius 1 is 1.10 bits per heavy atom. The average Bonchev–Trinajstić information content (AvgIpc) is 2.78. The number of carboxylic acids is 1. The maximum atomic E-state index is 10.8. The topological polar surface area (TPSA) is 62.2 Å². The zero-order valence-corrected chi connectivity index (χ0v) is 12.6. The highest BCUT2D eigenvalue weighted by molar-refractivity contribution is 5.69. The molecule has 6 heteroatoms. The van der Waals surface area contributed by atoms with E-state index in [1.54, 1.807) is 0 Å². The molecule has 21 heavy (non-hydrogen) atoms. The van der Waals surface area contributed by atoms with Crippen LogP contribution in [0.2, 0.25) is 0 Å². The summed E-state index contributed by atoms with van der Waals surface area (Å²) in [5.74, 6) is -1.00. The van der Waals surface area contributed by atoms with Gasteiger partial charge in [0, 0.05) is 38.5 Å². The smallest absolute Gasteiger partial charge is 0.317 e. The van der Waals surface area contributed by atoms with E-state index in [2.05, 4.69) is 9.80 Å². The Hall–Kier alpha value is -0.690. The fourth-order valence-corrected chi connectivity index (χ4v) is 3.90. The Bertz CT molecular complexity index is 361. The van der Waals surface area contributed by atoms with E-state index in [0.717, 1.165) is 71.5 Å². The molecule has 0 bridgehead atoms. The van der Waals surface area contributed by atoms with E-state index in [9.17, 15) is 4.79 Å². The van der Waals surface area contributed by atoms with Crippen molar-refractivity contribution < 1.29 is 19.4 Å². The predicted molar refractivity (Wildman–Crippen MR) is 77.2 cm³/mol. The molecule has 6 nitrogen and oxygen atoms in total. The molecule has 1 saturated carbocycles. The van der Waals surface area contributed by atoms with Gasteiger partial charge < -0.3 is 14.6 Å². The molecule has 1 N–H and O–H groups in total. The molecule has 0 aromatic carbocycles. The van der Waals surface area contributed by atoms with Crippen LogP contribution in [0.15, 0.2) is 0 Å². The SMILES string of the molecule is O=C(O)CN1CCCN(C2CCC3(CC2)OCCO3)CC1. The number of nitrogens with zero attached hydrogens (tertiary/aromatic N) is 2. The van der Waals surface area contributed by atoms with Gasteiger partial charge >= 0.3 is 5.97 Å². The largest absolute Gasteiger partial charge is 0.480 e. The van der Waals surface area contributed by atoms with E-state index in [0.29, 0.717) is 6.04 Å². The number of ether oxygens (including phenoxy) is 2. The standard InChI is InChI=1S/C15H26N2O4/c18-14(19)12-16-6-1-7-17(9-8-16)13-2-4-15(5-3-13)20-10-11-21-15/h13H,1-12H2,(H,18,19). The summed E-state index contributed by atoms with van der Waals surface area (Å²) in [6, 6.07) is 0.605. The molecule has 0 aromatic rings. The number of aliphatic carboxylic acids is 1. The van der Waals surface area contributed by atoms with Crippen molar-refractivity contribution in [3.05, 3.63) is 0 Å². The first-order valence-electron chi connectivity index (χ1n) is 8.13. The molecule has 0 unspecified atom stereocenters. The van der Waals surface area contributed by atoms with Gasteiger partial charge in [-0.25, -0.2) is 0 Å². The fourth-order valence-electron chi connectivity index (χ4n) is 3.90. The van der Waals surface area contributed by atoms with Gasteiger partial charge in [0.1, 0.15) is 0 Å². The van der Waals surface area contributed by atoms with Crippen LogP contribution in [-0.2, 0) is 14.3 Å². The summed E-state index contributed by atoms with van der Waals surface area (Å²) in [7, 11) is 0. The summed E-state index contributed by atoms with van der Waals surface area (Å²) >= 11 is 0. The fraction of sp³-hybridized carbons (Fsp3) is 0.933. The lowest BCUT2D eigenvalue weighted by atomic mass is 9.89. The van der Waals surface area contributed by atoms with Crippen LogP contribution in [0.4, 0.5) is 0 Å². The van der Waals surface area contributed by atoms with Crippen LogP contribution in [0.5, 0.6) is 0 Å². The van der Waals surface area contributed by atoms with E-state index in [1.807, 2.05) is 0 Å². The summed E-state index contributed by atoms with van der Waals surface area (Å²) in [6.07, 6.45) is 5.29. The number of hydrogen-bond donors (Lipinski definition) is 1. The molecule has 2 aliphatic heterocycles. The lowest BCUT2D eigenvalue weighted by molar-refractivity contribution is -0.183. The van der Waals surface area contributed by atoms with Crippen molar-refractivity contribution >= 4 is 5.97 Å². The maximum Gasteiger partial charge on any atom is 0.317 e. The third-order valence-corrected chi connectivity index (χ3v) is 5.03.